The average Bonchev–Trinajstić information content (AvgIpc) is 2.48. The van der Waals surface area contributed by atoms with Gasteiger partial charge in [0.15, 0.2) is 0 Å². The minimum Gasteiger partial charge on any atom is -0.377 e. The fourth-order valence-electron chi connectivity index (χ4n) is 2.93. The van der Waals surface area contributed by atoms with Crippen molar-refractivity contribution in [3.8, 4) is 0 Å². The van der Waals surface area contributed by atoms with Gasteiger partial charge in [-0.1, -0.05) is 0 Å². The molecular weight excluding hydrogens is 254 g/mol. The third kappa shape index (κ3) is 4.72. The molecule has 0 aromatic rings. The molecule has 0 bridgehead atoms. The van der Waals surface area contributed by atoms with Crippen LogP contribution < -0.4 is 5.32 Å². The predicted octanol–water partition coefficient (Wildman–Crippen LogP) is 0.555. The lowest BCUT2D eigenvalue weighted by molar-refractivity contribution is -0.137. The van der Waals surface area contributed by atoms with Crippen molar-refractivity contribution in [2.24, 2.45) is 5.92 Å². The molecule has 1 unspecified atom stereocenters. The molecule has 116 valence electrons. The Balaban J connectivity index is 1.66. The number of rotatable bonds is 5. The van der Waals surface area contributed by atoms with E-state index in [-0.39, 0.29) is 5.92 Å². The van der Waals surface area contributed by atoms with Gasteiger partial charge >= 0.3 is 0 Å². The number of piperazine rings is 1. The number of amides is 1. The molecular formula is C15H29N3O2. The second-order valence-corrected chi connectivity index (χ2v) is 6.13. The quantitative estimate of drug-likeness (QED) is 0.800. The highest BCUT2D eigenvalue weighted by atomic mass is 16.5. The van der Waals surface area contributed by atoms with Gasteiger partial charge < -0.3 is 15.0 Å². The summed E-state index contributed by atoms with van der Waals surface area (Å²) in [6.07, 6.45) is 2.48. The van der Waals surface area contributed by atoms with Gasteiger partial charge in [-0.15, -0.1) is 0 Å². The lowest BCUT2D eigenvalue weighted by atomic mass is 9.98. The molecule has 5 heteroatoms. The van der Waals surface area contributed by atoms with Gasteiger partial charge in [0, 0.05) is 39.3 Å². The molecule has 2 aliphatic rings. The lowest BCUT2D eigenvalue weighted by Crippen LogP contribution is -2.52. The monoisotopic (exact) mass is 283 g/mol. The summed E-state index contributed by atoms with van der Waals surface area (Å²) >= 11 is 0. The molecule has 0 aromatic carbocycles. The normalized spacial score (nSPS) is 25.1. The van der Waals surface area contributed by atoms with Crippen LogP contribution in [0.25, 0.3) is 0 Å². The number of piperidine rings is 1. The van der Waals surface area contributed by atoms with E-state index in [4.69, 9.17) is 4.74 Å². The molecule has 1 atom stereocenters. The zero-order valence-corrected chi connectivity index (χ0v) is 12.9. The summed E-state index contributed by atoms with van der Waals surface area (Å²) in [4.78, 5) is 16.9. The molecule has 0 saturated carbocycles. The number of ether oxygens (including phenoxy) is 1. The first kappa shape index (κ1) is 15.7. The van der Waals surface area contributed by atoms with Crippen LogP contribution in [0.15, 0.2) is 0 Å². The SMILES string of the molecule is CC(C)OCCN1CCN(C(=O)C2CCCNC2)CC1. The summed E-state index contributed by atoms with van der Waals surface area (Å²) in [6.45, 7) is 11.5. The van der Waals surface area contributed by atoms with Crippen molar-refractivity contribution in [1.29, 1.82) is 0 Å². The maximum Gasteiger partial charge on any atom is 0.227 e. The Morgan fingerprint density at radius 2 is 2.05 bits per heavy atom. The molecule has 2 aliphatic heterocycles. The van der Waals surface area contributed by atoms with E-state index in [0.717, 1.165) is 65.3 Å². The molecule has 2 heterocycles. The van der Waals surface area contributed by atoms with Gasteiger partial charge in [0.2, 0.25) is 5.91 Å². The Kier molecular flexibility index (Phi) is 6.26. The number of nitrogens with one attached hydrogen (secondary N) is 1. The first-order valence-electron chi connectivity index (χ1n) is 8.00. The second kappa shape index (κ2) is 7.96. The Morgan fingerprint density at radius 3 is 2.65 bits per heavy atom. The summed E-state index contributed by atoms with van der Waals surface area (Å²) in [5.41, 5.74) is 0. The molecule has 0 aromatic heterocycles. The molecule has 2 rings (SSSR count). The number of carbonyl (C=O) groups is 1. The van der Waals surface area contributed by atoms with Crippen molar-refractivity contribution in [1.82, 2.24) is 15.1 Å². The Bertz CT molecular complexity index is 295. The van der Waals surface area contributed by atoms with Crippen LogP contribution in [0.3, 0.4) is 0 Å². The Hall–Kier alpha value is -0.650. The average molecular weight is 283 g/mol. The smallest absolute Gasteiger partial charge is 0.227 e. The van der Waals surface area contributed by atoms with E-state index in [2.05, 4.69) is 29.0 Å². The lowest BCUT2D eigenvalue weighted by Gasteiger charge is -2.37. The van der Waals surface area contributed by atoms with Crippen molar-refractivity contribution in [3.63, 3.8) is 0 Å². The van der Waals surface area contributed by atoms with Crippen LogP contribution in [-0.2, 0) is 9.53 Å². The van der Waals surface area contributed by atoms with Gasteiger partial charge in [-0.05, 0) is 33.2 Å². The number of nitrogens with zero attached hydrogens (tertiary/aromatic N) is 2. The van der Waals surface area contributed by atoms with Crippen molar-refractivity contribution in [2.45, 2.75) is 32.8 Å². The molecule has 5 nitrogen and oxygen atoms in total. The van der Waals surface area contributed by atoms with E-state index in [1.807, 2.05) is 0 Å². The summed E-state index contributed by atoms with van der Waals surface area (Å²) in [7, 11) is 0. The minimum absolute atomic E-state index is 0.208. The molecule has 20 heavy (non-hydrogen) atoms. The Labute approximate surface area is 122 Å². The molecule has 0 radical (unpaired) electrons. The van der Waals surface area contributed by atoms with Crippen LogP contribution in [0.5, 0.6) is 0 Å². The molecule has 2 fully saturated rings. The molecule has 1 N–H and O–H groups in total. The van der Waals surface area contributed by atoms with Gasteiger partial charge in [-0.2, -0.15) is 0 Å². The highest BCUT2D eigenvalue weighted by Crippen LogP contribution is 2.15. The predicted molar refractivity (Wildman–Crippen MR) is 79.7 cm³/mol. The maximum atomic E-state index is 12.4. The fraction of sp³-hybridized carbons (Fsp3) is 0.933. The number of carbonyl (C=O) groups excluding carboxylic acids is 1. The highest BCUT2D eigenvalue weighted by Gasteiger charge is 2.28. The minimum atomic E-state index is 0.208. The van der Waals surface area contributed by atoms with Crippen LogP contribution in [0.2, 0.25) is 0 Å². The van der Waals surface area contributed by atoms with Crippen LogP contribution in [0.4, 0.5) is 0 Å². The number of hydrogen-bond acceptors (Lipinski definition) is 4. The van der Waals surface area contributed by atoms with Crippen LogP contribution in [0.1, 0.15) is 26.7 Å². The van der Waals surface area contributed by atoms with Gasteiger partial charge in [-0.3, -0.25) is 9.69 Å². The third-order valence-electron chi connectivity index (χ3n) is 4.19. The maximum absolute atomic E-state index is 12.4. The number of hydrogen-bond donors (Lipinski definition) is 1. The topological polar surface area (TPSA) is 44.8 Å². The zero-order chi connectivity index (χ0) is 14.4. The molecule has 0 aliphatic carbocycles. The van der Waals surface area contributed by atoms with E-state index in [1.165, 1.54) is 0 Å². The van der Waals surface area contributed by atoms with Gasteiger partial charge in [-0.25, -0.2) is 0 Å². The van der Waals surface area contributed by atoms with Gasteiger partial charge in [0.05, 0.1) is 18.6 Å². The highest BCUT2D eigenvalue weighted by molar-refractivity contribution is 5.79. The van der Waals surface area contributed by atoms with E-state index in [1.54, 1.807) is 0 Å². The fourth-order valence-corrected chi connectivity index (χ4v) is 2.93. The van der Waals surface area contributed by atoms with E-state index >= 15 is 0 Å². The molecule has 2 saturated heterocycles. The Morgan fingerprint density at radius 1 is 1.30 bits per heavy atom. The van der Waals surface area contributed by atoms with Crippen molar-refractivity contribution < 1.29 is 9.53 Å². The third-order valence-corrected chi connectivity index (χ3v) is 4.19. The van der Waals surface area contributed by atoms with Crippen LogP contribution in [-0.4, -0.2) is 74.2 Å². The summed E-state index contributed by atoms with van der Waals surface area (Å²) in [6, 6.07) is 0. The first-order valence-corrected chi connectivity index (χ1v) is 8.00. The largest absolute Gasteiger partial charge is 0.377 e. The first-order chi connectivity index (χ1) is 9.66. The van der Waals surface area contributed by atoms with Gasteiger partial charge in [0.1, 0.15) is 0 Å². The summed E-state index contributed by atoms with van der Waals surface area (Å²) in [5.74, 6) is 0.565. The zero-order valence-electron chi connectivity index (χ0n) is 12.9. The van der Waals surface area contributed by atoms with Crippen LogP contribution >= 0.6 is 0 Å². The van der Waals surface area contributed by atoms with Crippen LogP contribution in [0, 0.1) is 5.92 Å². The van der Waals surface area contributed by atoms with Crippen molar-refractivity contribution >= 4 is 5.91 Å². The van der Waals surface area contributed by atoms with Crippen molar-refractivity contribution in [3.05, 3.63) is 0 Å². The van der Waals surface area contributed by atoms with E-state index in [9.17, 15) is 4.79 Å². The summed E-state index contributed by atoms with van der Waals surface area (Å²) < 4.78 is 5.58. The van der Waals surface area contributed by atoms with Gasteiger partial charge in [0.25, 0.3) is 0 Å². The second-order valence-electron chi connectivity index (χ2n) is 6.13. The summed E-state index contributed by atoms with van der Waals surface area (Å²) in [5, 5.41) is 3.33. The van der Waals surface area contributed by atoms with Crippen molar-refractivity contribution in [2.75, 3.05) is 52.4 Å². The molecule has 0 spiro atoms. The van der Waals surface area contributed by atoms with E-state index in [0.29, 0.717) is 12.0 Å². The molecule has 1 amide bonds. The van der Waals surface area contributed by atoms with E-state index < -0.39 is 0 Å². The standard InChI is InChI=1S/C15H29N3O2/c1-13(2)20-11-10-17-6-8-18(9-7-17)15(19)14-4-3-5-16-12-14/h13-14,16H,3-12H2,1-2H3.